The molecule has 0 aliphatic rings. The van der Waals surface area contributed by atoms with Crippen LogP contribution in [0.3, 0.4) is 0 Å². The highest BCUT2D eigenvalue weighted by Crippen LogP contribution is 2.22. The first-order valence-electron chi connectivity index (χ1n) is 5.38. The molecule has 0 saturated carbocycles. The molecule has 2 rings (SSSR count). The lowest BCUT2D eigenvalue weighted by atomic mass is 10.3. The van der Waals surface area contributed by atoms with Crippen LogP contribution in [0.25, 0.3) is 0 Å². The molecule has 0 radical (unpaired) electrons. The number of aromatic nitrogens is 3. The van der Waals surface area contributed by atoms with Crippen molar-refractivity contribution in [3.8, 4) is 0 Å². The van der Waals surface area contributed by atoms with Crippen LogP contribution in [0.15, 0.2) is 29.4 Å². The Hall–Kier alpha value is -1.64. The second-order valence-corrected chi connectivity index (χ2v) is 5.93. The molecule has 0 aliphatic carbocycles. The predicted octanol–water partition coefficient (Wildman–Crippen LogP) is 0.561. The van der Waals surface area contributed by atoms with Crippen LogP contribution in [-0.4, -0.2) is 30.1 Å². The van der Waals surface area contributed by atoms with Crippen molar-refractivity contribution >= 4 is 27.3 Å². The molecule has 1 heterocycles. The molecule has 0 saturated heterocycles. The largest absolute Gasteiger partial charge is 0.398 e. The third-order valence-corrected chi connectivity index (χ3v) is 4.15. The van der Waals surface area contributed by atoms with Gasteiger partial charge in [0.25, 0.3) is 0 Å². The van der Waals surface area contributed by atoms with E-state index >= 15 is 0 Å². The highest BCUT2D eigenvalue weighted by molar-refractivity contribution is 7.89. The maximum absolute atomic E-state index is 12.0. The van der Waals surface area contributed by atoms with E-state index in [0.717, 1.165) is 0 Å². The van der Waals surface area contributed by atoms with Gasteiger partial charge in [-0.15, -0.1) is 0 Å². The number of aromatic amines is 1. The van der Waals surface area contributed by atoms with Gasteiger partial charge >= 0.3 is 0 Å². The summed E-state index contributed by atoms with van der Waals surface area (Å²) in [6, 6.07) is 4.24. The van der Waals surface area contributed by atoms with Gasteiger partial charge in [0.05, 0.1) is 5.69 Å². The Morgan fingerprint density at radius 3 is 2.84 bits per heavy atom. The van der Waals surface area contributed by atoms with Crippen molar-refractivity contribution in [3.05, 3.63) is 35.4 Å². The first-order valence-corrected chi connectivity index (χ1v) is 7.24. The molecule has 9 heteroatoms. The molecule has 0 amide bonds. The summed E-state index contributed by atoms with van der Waals surface area (Å²) >= 11 is 5.72. The molecule has 4 N–H and O–H groups in total. The van der Waals surface area contributed by atoms with E-state index in [1.807, 2.05) is 0 Å². The monoisotopic (exact) mass is 301 g/mol. The predicted molar refractivity (Wildman–Crippen MR) is 71.1 cm³/mol. The maximum atomic E-state index is 12.0. The number of anilines is 1. The average Bonchev–Trinajstić information content (AvgIpc) is 2.81. The molecule has 0 unspecified atom stereocenters. The minimum absolute atomic E-state index is 0.00877. The molecular formula is C10H12ClN5O2S. The standard InChI is InChI=1S/C10H12ClN5O2S/c11-7-1-2-9(8(12)5-7)19(17,18)15-4-3-10-13-6-14-16-10/h1-2,5-6,15H,3-4,12H2,(H,13,14,16). The number of nitrogens with two attached hydrogens (primary N) is 1. The minimum Gasteiger partial charge on any atom is -0.398 e. The van der Waals surface area contributed by atoms with Gasteiger partial charge in [0.15, 0.2) is 0 Å². The van der Waals surface area contributed by atoms with Crippen LogP contribution in [0.1, 0.15) is 5.82 Å². The fourth-order valence-electron chi connectivity index (χ4n) is 1.50. The second kappa shape index (κ2) is 5.55. The number of nitrogens with zero attached hydrogens (tertiary/aromatic N) is 2. The molecule has 0 atom stereocenters. The summed E-state index contributed by atoms with van der Waals surface area (Å²) in [5, 5.41) is 6.70. The van der Waals surface area contributed by atoms with Gasteiger partial charge in [-0.1, -0.05) is 11.6 Å². The average molecular weight is 302 g/mol. The van der Waals surface area contributed by atoms with Gasteiger partial charge in [-0.2, -0.15) is 5.10 Å². The van der Waals surface area contributed by atoms with E-state index in [2.05, 4.69) is 19.9 Å². The van der Waals surface area contributed by atoms with Crippen LogP contribution >= 0.6 is 11.6 Å². The molecule has 2 aromatic rings. The van der Waals surface area contributed by atoms with Gasteiger partial charge < -0.3 is 5.73 Å². The van der Waals surface area contributed by atoms with Crippen LogP contribution in [0.5, 0.6) is 0 Å². The quantitative estimate of drug-likeness (QED) is 0.698. The maximum Gasteiger partial charge on any atom is 0.242 e. The molecule has 0 spiro atoms. The van der Waals surface area contributed by atoms with Crippen molar-refractivity contribution in [1.29, 1.82) is 0 Å². The van der Waals surface area contributed by atoms with E-state index in [4.69, 9.17) is 17.3 Å². The zero-order valence-corrected chi connectivity index (χ0v) is 11.4. The van der Waals surface area contributed by atoms with Gasteiger partial charge in [0.2, 0.25) is 10.0 Å². The zero-order chi connectivity index (χ0) is 13.9. The summed E-state index contributed by atoms with van der Waals surface area (Å²) < 4.78 is 26.5. The lowest BCUT2D eigenvalue weighted by molar-refractivity contribution is 0.581. The summed E-state index contributed by atoms with van der Waals surface area (Å²) in [4.78, 5) is 3.90. The number of benzene rings is 1. The number of H-pyrrole nitrogens is 1. The molecule has 0 aliphatic heterocycles. The first-order chi connectivity index (χ1) is 8.99. The Bertz CT molecular complexity index is 657. The number of halogens is 1. The van der Waals surface area contributed by atoms with E-state index in [-0.39, 0.29) is 17.1 Å². The summed E-state index contributed by atoms with van der Waals surface area (Å²) in [6.07, 6.45) is 1.77. The van der Waals surface area contributed by atoms with E-state index < -0.39 is 10.0 Å². The smallest absolute Gasteiger partial charge is 0.242 e. The summed E-state index contributed by atoms with van der Waals surface area (Å²) in [5.74, 6) is 0.603. The van der Waals surface area contributed by atoms with Crippen LogP contribution in [0, 0.1) is 0 Å². The third kappa shape index (κ3) is 3.43. The van der Waals surface area contributed by atoms with E-state index in [1.165, 1.54) is 24.5 Å². The number of hydrogen-bond acceptors (Lipinski definition) is 5. The minimum atomic E-state index is -3.66. The lowest BCUT2D eigenvalue weighted by Gasteiger charge is -2.08. The van der Waals surface area contributed by atoms with Crippen molar-refractivity contribution in [2.24, 2.45) is 0 Å². The zero-order valence-electron chi connectivity index (χ0n) is 9.80. The topological polar surface area (TPSA) is 114 Å². The van der Waals surface area contributed by atoms with Gasteiger partial charge in [-0.3, -0.25) is 5.10 Å². The summed E-state index contributed by atoms with van der Waals surface area (Å²) in [5.41, 5.74) is 5.75. The molecular weight excluding hydrogens is 290 g/mol. The van der Waals surface area contributed by atoms with Crippen LogP contribution in [0.4, 0.5) is 5.69 Å². The van der Waals surface area contributed by atoms with Gasteiger partial charge in [0.1, 0.15) is 17.0 Å². The van der Waals surface area contributed by atoms with Crippen molar-refractivity contribution in [2.45, 2.75) is 11.3 Å². The van der Waals surface area contributed by atoms with Crippen LogP contribution in [-0.2, 0) is 16.4 Å². The second-order valence-electron chi connectivity index (χ2n) is 3.76. The molecule has 7 nitrogen and oxygen atoms in total. The number of rotatable bonds is 5. The Labute approximate surface area is 115 Å². The summed E-state index contributed by atoms with van der Waals surface area (Å²) in [7, 11) is -3.66. The molecule has 0 bridgehead atoms. The van der Waals surface area contributed by atoms with E-state index in [9.17, 15) is 8.42 Å². The number of sulfonamides is 1. The van der Waals surface area contributed by atoms with Gasteiger partial charge in [0, 0.05) is 18.0 Å². The lowest BCUT2D eigenvalue weighted by Crippen LogP contribution is -2.27. The van der Waals surface area contributed by atoms with Crippen LogP contribution in [0.2, 0.25) is 5.02 Å². The molecule has 1 aromatic carbocycles. The molecule has 19 heavy (non-hydrogen) atoms. The summed E-state index contributed by atoms with van der Waals surface area (Å²) in [6.45, 7) is 0.194. The SMILES string of the molecule is Nc1cc(Cl)ccc1S(=O)(=O)NCCc1ncn[nH]1. The van der Waals surface area contributed by atoms with Crippen molar-refractivity contribution < 1.29 is 8.42 Å². The Balaban J connectivity index is 2.05. The number of nitrogen functional groups attached to an aromatic ring is 1. The number of nitrogens with one attached hydrogen (secondary N) is 2. The van der Waals surface area contributed by atoms with E-state index in [1.54, 1.807) is 0 Å². The highest BCUT2D eigenvalue weighted by Gasteiger charge is 2.17. The van der Waals surface area contributed by atoms with Crippen molar-refractivity contribution in [3.63, 3.8) is 0 Å². The normalized spacial score (nSPS) is 11.6. The Kier molecular flexibility index (Phi) is 4.03. The Morgan fingerprint density at radius 1 is 1.42 bits per heavy atom. The van der Waals surface area contributed by atoms with Crippen molar-refractivity contribution in [2.75, 3.05) is 12.3 Å². The van der Waals surface area contributed by atoms with Gasteiger partial charge in [-0.05, 0) is 18.2 Å². The molecule has 0 fully saturated rings. The Morgan fingerprint density at radius 2 is 2.21 bits per heavy atom. The highest BCUT2D eigenvalue weighted by atomic mass is 35.5. The number of hydrogen-bond donors (Lipinski definition) is 3. The third-order valence-electron chi connectivity index (χ3n) is 2.38. The van der Waals surface area contributed by atoms with Crippen molar-refractivity contribution in [1.82, 2.24) is 19.9 Å². The van der Waals surface area contributed by atoms with Gasteiger partial charge in [-0.25, -0.2) is 18.1 Å². The molecule has 1 aromatic heterocycles. The fraction of sp³-hybridized carbons (Fsp3) is 0.200. The van der Waals surface area contributed by atoms with Crippen LogP contribution < -0.4 is 10.5 Å². The van der Waals surface area contributed by atoms with E-state index in [0.29, 0.717) is 17.3 Å². The first kappa shape index (κ1) is 13.8. The molecule has 102 valence electrons. The fourth-order valence-corrected chi connectivity index (χ4v) is 2.82.